The largest absolute Gasteiger partial charge is 0.493 e. The lowest BCUT2D eigenvalue weighted by atomic mass is 10.1. The van der Waals surface area contributed by atoms with Gasteiger partial charge in [-0.05, 0) is 29.8 Å². The number of carbonyl (C=O) groups is 3. The Hall–Kier alpha value is -3.75. The van der Waals surface area contributed by atoms with Crippen molar-refractivity contribution in [1.29, 1.82) is 0 Å². The van der Waals surface area contributed by atoms with Crippen molar-refractivity contribution in [2.24, 2.45) is 0 Å². The van der Waals surface area contributed by atoms with Crippen molar-refractivity contribution < 1.29 is 38.1 Å². The first-order chi connectivity index (χ1) is 14.4. The summed E-state index contributed by atoms with van der Waals surface area (Å²) < 4.78 is 25.4. The predicted molar refractivity (Wildman–Crippen MR) is 107 cm³/mol. The van der Waals surface area contributed by atoms with Crippen LogP contribution in [0.1, 0.15) is 15.9 Å². The SMILES string of the molecule is COC(=O)c1ccccc1NC(=O)COC(=O)Cc1cc(OC)c(OC)c(OC)c1. The molecule has 0 unspecified atom stereocenters. The van der Waals surface area contributed by atoms with E-state index in [1.807, 2.05) is 0 Å². The molecule has 0 bridgehead atoms. The molecule has 30 heavy (non-hydrogen) atoms. The third-order valence-electron chi connectivity index (χ3n) is 4.04. The Morgan fingerprint density at radius 3 is 2.10 bits per heavy atom. The Morgan fingerprint density at radius 1 is 0.900 bits per heavy atom. The molecule has 0 saturated carbocycles. The average molecular weight is 417 g/mol. The molecule has 1 amide bonds. The molecule has 9 heteroatoms. The number of carbonyl (C=O) groups excluding carboxylic acids is 3. The fourth-order valence-electron chi connectivity index (χ4n) is 2.67. The second kappa shape index (κ2) is 10.7. The van der Waals surface area contributed by atoms with Gasteiger partial charge in [0.05, 0.1) is 46.1 Å². The van der Waals surface area contributed by atoms with E-state index in [1.54, 1.807) is 30.3 Å². The summed E-state index contributed by atoms with van der Waals surface area (Å²) in [5, 5.41) is 2.52. The summed E-state index contributed by atoms with van der Waals surface area (Å²) in [5.74, 6) is -0.607. The van der Waals surface area contributed by atoms with Crippen LogP contribution in [-0.2, 0) is 25.5 Å². The van der Waals surface area contributed by atoms with Crippen LogP contribution >= 0.6 is 0 Å². The van der Waals surface area contributed by atoms with E-state index < -0.39 is 24.5 Å². The first kappa shape index (κ1) is 22.5. The van der Waals surface area contributed by atoms with Gasteiger partial charge in [0.25, 0.3) is 5.91 Å². The molecule has 0 fully saturated rings. The van der Waals surface area contributed by atoms with Gasteiger partial charge in [-0.3, -0.25) is 9.59 Å². The summed E-state index contributed by atoms with van der Waals surface area (Å²) in [6, 6.07) is 9.59. The summed E-state index contributed by atoms with van der Waals surface area (Å²) in [4.78, 5) is 36.0. The normalized spacial score (nSPS) is 10.0. The zero-order valence-electron chi connectivity index (χ0n) is 17.1. The van der Waals surface area contributed by atoms with Crippen molar-refractivity contribution in [1.82, 2.24) is 0 Å². The summed E-state index contributed by atoms with van der Waals surface area (Å²) in [6.45, 7) is -0.515. The maximum atomic E-state index is 12.2. The van der Waals surface area contributed by atoms with Crippen LogP contribution in [0.2, 0.25) is 0 Å². The van der Waals surface area contributed by atoms with Crippen molar-refractivity contribution in [3.63, 3.8) is 0 Å². The Morgan fingerprint density at radius 2 is 1.53 bits per heavy atom. The maximum Gasteiger partial charge on any atom is 0.339 e. The number of para-hydroxylation sites is 1. The van der Waals surface area contributed by atoms with E-state index in [9.17, 15) is 14.4 Å². The van der Waals surface area contributed by atoms with Crippen LogP contribution in [0.15, 0.2) is 36.4 Å². The molecule has 2 aromatic carbocycles. The van der Waals surface area contributed by atoms with E-state index >= 15 is 0 Å². The Labute approximate surface area is 173 Å². The topological polar surface area (TPSA) is 109 Å². The molecule has 0 heterocycles. The highest BCUT2D eigenvalue weighted by Gasteiger charge is 2.17. The Balaban J connectivity index is 1.99. The first-order valence-electron chi connectivity index (χ1n) is 8.85. The van der Waals surface area contributed by atoms with Gasteiger partial charge in [-0.1, -0.05) is 12.1 Å². The second-order valence-electron chi connectivity index (χ2n) is 5.96. The summed E-state index contributed by atoms with van der Waals surface area (Å²) in [5.41, 5.74) is 1.01. The highest BCUT2D eigenvalue weighted by atomic mass is 16.5. The number of anilines is 1. The van der Waals surface area contributed by atoms with Gasteiger partial charge >= 0.3 is 11.9 Å². The lowest BCUT2D eigenvalue weighted by Gasteiger charge is -2.14. The minimum atomic E-state index is -0.624. The van der Waals surface area contributed by atoms with Gasteiger partial charge in [-0.25, -0.2) is 4.79 Å². The number of hydrogen-bond donors (Lipinski definition) is 1. The lowest BCUT2D eigenvalue weighted by molar-refractivity contribution is -0.146. The van der Waals surface area contributed by atoms with Crippen LogP contribution in [0.25, 0.3) is 0 Å². The van der Waals surface area contributed by atoms with Crippen LogP contribution in [0.5, 0.6) is 17.2 Å². The monoisotopic (exact) mass is 417 g/mol. The highest BCUT2D eigenvalue weighted by Crippen LogP contribution is 2.38. The van der Waals surface area contributed by atoms with Gasteiger partial charge < -0.3 is 29.0 Å². The smallest absolute Gasteiger partial charge is 0.339 e. The number of benzene rings is 2. The molecule has 2 aromatic rings. The first-order valence-corrected chi connectivity index (χ1v) is 8.85. The minimum absolute atomic E-state index is 0.108. The summed E-state index contributed by atoms with van der Waals surface area (Å²) in [6.07, 6.45) is -0.108. The van der Waals surface area contributed by atoms with E-state index in [0.717, 1.165) is 0 Å². The Bertz CT molecular complexity index is 900. The molecule has 0 aliphatic rings. The molecule has 1 N–H and O–H groups in total. The van der Waals surface area contributed by atoms with Crippen molar-refractivity contribution in [2.75, 3.05) is 40.4 Å². The quantitative estimate of drug-likeness (QED) is 0.619. The van der Waals surface area contributed by atoms with E-state index in [-0.39, 0.29) is 17.7 Å². The van der Waals surface area contributed by atoms with Gasteiger partial charge in [0.2, 0.25) is 5.75 Å². The van der Waals surface area contributed by atoms with E-state index in [4.69, 9.17) is 18.9 Å². The van der Waals surface area contributed by atoms with Gasteiger partial charge in [-0.2, -0.15) is 0 Å². The van der Waals surface area contributed by atoms with Crippen LogP contribution in [0.3, 0.4) is 0 Å². The van der Waals surface area contributed by atoms with Gasteiger partial charge in [-0.15, -0.1) is 0 Å². The molecular weight excluding hydrogens is 394 g/mol. The van der Waals surface area contributed by atoms with Gasteiger partial charge in [0, 0.05) is 0 Å². The number of methoxy groups -OCH3 is 4. The van der Waals surface area contributed by atoms with Crippen molar-refractivity contribution >= 4 is 23.5 Å². The minimum Gasteiger partial charge on any atom is -0.493 e. The Kier molecular flexibility index (Phi) is 8.04. The van der Waals surface area contributed by atoms with Crippen molar-refractivity contribution in [2.45, 2.75) is 6.42 Å². The molecule has 0 aliphatic carbocycles. The number of nitrogens with one attached hydrogen (secondary N) is 1. The number of amides is 1. The third kappa shape index (κ3) is 5.63. The molecule has 9 nitrogen and oxygen atoms in total. The molecule has 0 aromatic heterocycles. The fourth-order valence-corrected chi connectivity index (χ4v) is 2.67. The van der Waals surface area contributed by atoms with Crippen LogP contribution < -0.4 is 19.5 Å². The van der Waals surface area contributed by atoms with Crippen molar-refractivity contribution in [3.05, 3.63) is 47.5 Å². The standard InChI is InChI=1S/C21H23NO8/c1-26-16-9-13(10-17(27-2)20(16)28-3)11-19(24)30-12-18(23)22-15-8-6-5-7-14(15)21(25)29-4/h5-10H,11-12H2,1-4H3,(H,22,23). The highest BCUT2D eigenvalue weighted by molar-refractivity contribution is 6.01. The third-order valence-corrected chi connectivity index (χ3v) is 4.04. The molecular formula is C21H23NO8. The summed E-state index contributed by atoms with van der Waals surface area (Å²) >= 11 is 0. The second-order valence-corrected chi connectivity index (χ2v) is 5.96. The zero-order chi connectivity index (χ0) is 22.1. The average Bonchev–Trinajstić information content (AvgIpc) is 2.76. The molecule has 0 aliphatic heterocycles. The molecule has 2 rings (SSSR count). The van der Waals surface area contributed by atoms with E-state index in [1.165, 1.54) is 34.5 Å². The lowest BCUT2D eigenvalue weighted by Crippen LogP contribution is -2.22. The number of esters is 2. The van der Waals surface area contributed by atoms with Gasteiger partial charge in [0.1, 0.15) is 0 Å². The molecule has 0 atom stereocenters. The molecule has 160 valence electrons. The molecule has 0 radical (unpaired) electrons. The van der Waals surface area contributed by atoms with Crippen LogP contribution in [-0.4, -0.2) is 52.9 Å². The van der Waals surface area contributed by atoms with E-state index in [2.05, 4.69) is 10.1 Å². The van der Waals surface area contributed by atoms with Crippen LogP contribution in [0, 0.1) is 0 Å². The van der Waals surface area contributed by atoms with Gasteiger partial charge in [0.15, 0.2) is 18.1 Å². The number of hydrogen-bond acceptors (Lipinski definition) is 8. The fraction of sp³-hybridized carbons (Fsp3) is 0.286. The maximum absolute atomic E-state index is 12.2. The molecule has 0 spiro atoms. The summed E-state index contributed by atoms with van der Waals surface area (Å²) in [7, 11) is 5.66. The number of rotatable bonds is 9. The zero-order valence-corrected chi connectivity index (χ0v) is 17.1. The van der Waals surface area contributed by atoms with Crippen molar-refractivity contribution in [3.8, 4) is 17.2 Å². The predicted octanol–water partition coefficient (Wildman–Crippen LogP) is 2.22. The van der Waals surface area contributed by atoms with Crippen LogP contribution in [0.4, 0.5) is 5.69 Å². The number of ether oxygens (including phenoxy) is 5. The van der Waals surface area contributed by atoms with E-state index in [0.29, 0.717) is 22.8 Å². The molecule has 0 saturated heterocycles.